The first kappa shape index (κ1) is 21.7. The maximum absolute atomic E-state index is 13.5. The van der Waals surface area contributed by atoms with Gasteiger partial charge in [-0.1, -0.05) is 30.3 Å². The van der Waals surface area contributed by atoms with Gasteiger partial charge < -0.3 is 16.0 Å². The van der Waals surface area contributed by atoms with E-state index in [-0.39, 0.29) is 30.5 Å². The molecule has 2 rings (SSSR count). The van der Waals surface area contributed by atoms with Crippen LogP contribution in [0.3, 0.4) is 0 Å². The average Bonchev–Trinajstić information content (AvgIpc) is 2.63. The fourth-order valence-electron chi connectivity index (χ4n) is 1.98. The Morgan fingerprint density at radius 3 is 2.35 bits per heavy atom. The van der Waals surface area contributed by atoms with E-state index in [4.69, 9.17) is 0 Å². The Balaban J connectivity index is 0.00000338. The zero-order valence-corrected chi connectivity index (χ0v) is 16.2. The molecule has 0 spiro atoms. The van der Waals surface area contributed by atoms with E-state index in [2.05, 4.69) is 20.9 Å². The summed E-state index contributed by atoms with van der Waals surface area (Å²) in [6.45, 7) is 0.271. The summed E-state index contributed by atoms with van der Waals surface area (Å²) in [4.78, 5) is 15.8. The molecule has 0 aliphatic heterocycles. The molecular weight excluding hydrogens is 460 g/mol. The molecule has 0 heterocycles. The van der Waals surface area contributed by atoms with E-state index < -0.39 is 29.0 Å². The first-order chi connectivity index (χ1) is 12.0. The van der Waals surface area contributed by atoms with Crippen molar-refractivity contribution in [2.24, 2.45) is 4.99 Å². The Hall–Kier alpha value is -2.30. The maximum atomic E-state index is 13.5. The molecule has 9 heteroatoms. The highest BCUT2D eigenvalue weighted by Gasteiger charge is 2.15. The average molecular weight is 478 g/mol. The second kappa shape index (κ2) is 10.6. The van der Waals surface area contributed by atoms with Gasteiger partial charge in [0.2, 0.25) is 5.91 Å². The van der Waals surface area contributed by atoms with Crippen LogP contribution in [0.5, 0.6) is 0 Å². The molecule has 5 nitrogen and oxygen atoms in total. The van der Waals surface area contributed by atoms with Crippen LogP contribution in [0.15, 0.2) is 47.5 Å². The zero-order chi connectivity index (χ0) is 18.2. The number of amides is 1. The molecule has 0 atom stereocenters. The van der Waals surface area contributed by atoms with Gasteiger partial charge in [-0.05, 0) is 17.7 Å². The predicted molar refractivity (Wildman–Crippen MR) is 105 cm³/mol. The van der Waals surface area contributed by atoms with E-state index in [1.807, 2.05) is 30.3 Å². The Labute approximate surface area is 166 Å². The van der Waals surface area contributed by atoms with Crippen LogP contribution in [-0.4, -0.2) is 25.5 Å². The third-order valence-corrected chi connectivity index (χ3v) is 3.25. The number of rotatable bonds is 5. The molecule has 3 N–H and O–H groups in total. The van der Waals surface area contributed by atoms with E-state index in [9.17, 15) is 18.0 Å². The molecule has 0 saturated heterocycles. The molecule has 0 radical (unpaired) electrons. The molecule has 0 fully saturated rings. The number of anilines is 1. The van der Waals surface area contributed by atoms with E-state index in [0.29, 0.717) is 12.5 Å². The van der Waals surface area contributed by atoms with Crippen LogP contribution in [0.2, 0.25) is 0 Å². The summed E-state index contributed by atoms with van der Waals surface area (Å²) in [5.41, 5.74) is 0.594. The molecule has 140 valence electrons. The Morgan fingerprint density at radius 2 is 1.69 bits per heavy atom. The summed E-state index contributed by atoms with van der Waals surface area (Å²) in [6, 6.07) is 11.2. The highest BCUT2D eigenvalue weighted by Crippen LogP contribution is 2.19. The first-order valence-corrected chi connectivity index (χ1v) is 7.43. The van der Waals surface area contributed by atoms with Crippen LogP contribution >= 0.6 is 24.0 Å². The molecule has 0 unspecified atom stereocenters. The van der Waals surface area contributed by atoms with Gasteiger partial charge in [-0.2, -0.15) is 0 Å². The Morgan fingerprint density at radius 1 is 1.00 bits per heavy atom. The smallest absolute Gasteiger partial charge is 0.243 e. The van der Waals surface area contributed by atoms with Crippen molar-refractivity contribution in [3.63, 3.8) is 0 Å². The van der Waals surface area contributed by atoms with Gasteiger partial charge in [0.25, 0.3) is 0 Å². The first-order valence-electron chi connectivity index (χ1n) is 7.43. The standard InChI is InChI=1S/C17H17F3N4O.HI/c1-21-17(22-9-11-5-3-2-4-6-11)23-10-14(25)24-13-8-7-12(18)15(19)16(13)20;/h2-8H,9-10H2,1H3,(H,24,25)(H2,21,22,23);1H. The van der Waals surface area contributed by atoms with Gasteiger partial charge in [-0.3, -0.25) is 9.79 Å². The fourth-order valence-corrected chi connectivity index (χ4v) is 1.98. The number of hydrogen-bond donors (Lipinski definition) is 3. The number of carbonyl (C=O) groups is 1. The predicted octanol–water partition coefficient (Wildman–Crippen LogP) is 3.03. The van der Waals surface area contributed by atoms with Gasteiger partial charge in [0, 0.05) is 13.6 Å². The van der Waals surface area contributed by atoms with Gasteiger partial charge in [0.05, 0.1) is 12.2 Å². The molecule has 26 heavy (non-hydrogen) atoms. The van der Waals surface area contributed by atoms with Gasteiger partial charge in [-0.25, -0.2) is 13.2 Å². The minimum absolute atomic E-state index is 0. The highest BCUT2D eigenvalue weighted by atomic mass is 127. The van der Waals surface area contributed by atoms with Crippen molar-refractivity contribution in [3.8, 4) is 0 Å². The molecule has 0 aliphatic carbocycles. The summed E-state index contributed by atoms with van der Waals surface area (Å²) in [5.74, 6) is -4.66. The van der Waals surface area contributed by atoms with Gasteiger partial charge >= 0.3 is 0 Å². The molecule has 2 aromatic rings. The van der Waals surface area contributed by atoms with Crippen molar-refractivity contribution in [2.75, 3.05) is 18.9 Å². The highest BCUT2D eigenvalue weighted by molar-refractivity contribution is 14.0. The molecule has 0 bridgehead atoms. The summed E-state index contributed by atoms with van der Waals surface area (Å²) in [5, 5.41) is 7.92. The largest absolute Gasteiger partial charge is 0.352 e. The lowest BCUT2D eigenvalue weighted by Crippen LogP contribution is -2.41. The third-order valence-electron chi connectivity index (χ3n) is 3.25. The normalized spacial score (nSPS) is 10.7. The Kier molecular flexibility index (Phi) is 8.90. The van der Waals surface area contributed by atoms with Gasteiger partial charge in [-0.15, -0.1) is 24.0 Å². The summed E-state index contributed by atoms with van der Waals surface area (Å²) in [7, 11) is 1.53. The SMILES string of the molecule is CN=C(NCC(=O)Nc1ccc(F)c(F)c1F)NCc1ccccc1.I. The second-order valence-electron chi connectivity index (χ2n) is 5.04. The van der Waals surface area contributed by atoms with Crippen molar-refractivity contribution < 1.29 is 18.0 Å². The summed E-state index contributed by atoms with van der Waals surface area (Å²) < 4.78 is 39.5. The van der Waals surface area contributed by atoms with Crippen LogP contribution < -0.4 is 16.0 Å². The molecular formula is C17H18F3IN4O. The fraction of sp³-hybridized carbons (Fsp3) is 0.176. The third kappa shape index (κ3) is 6.21. The van der Waals surface area contributed by atoms with Crippen LogP contribution in [0.1, 0.15) is 5.56 Å². The van der Waals surface area contributed by atoms with Crippen LogP contribution in [0.4, 0.5) is 18.9 Å². The van der Waals surface area contributed by atoms with Crippen molar-refractivity contribution in [2.45, 2.75) is 6.54 Å². The number of guanidine groups is 1. The lowest BCUT2D eigenvalue weighted by molar-refractivity contribution is -0.115. The number of nitrogens with zero attached hydrogens (tertiary/aromatic N) is 1. The topological polar surface area (TPSA) is 65.5 Å². The van der Waals surface area contributed by atoms with E-state index in [1.165, 1.54) is 7.05 Å². The van der Waals surface area contributed by atoms with Crippen LogP contribution in [0.25, 0.3) is 0 Å². The quantitative estimate of drug-likeness (QED) is 0.268. The van der Waals surface area contributed by atoms with Crippen molar-refractivity contribution in [3.05, 3.63) is 65.5 Å². The van der Waals surface area contributed by atoms with E-state index >= 15 is 0 Å². The molecule has 1 amide bonds. The molecule has 0 saturated carbocycles. The lowest BCUT2D eigenvalue weighted by Gasteiger charge is -2.12. The maximum Gasteiger partial charge on any atom is 0.243 e. The minimum Gasteiger partial charge on any atom is -0.352 e. The van der Waals surface area contributed by atoms with Crippen molar-refractivity contribution >= 4 is 41.5 Å². The van der Waals surface area contributed by atoms with E-state index in [1.54, 1.807) is 0 Å². The Bertz CT molecular complexity index is 772. The van der Waals surface area contributed by atoms with Gasteiger partial charge in [0.1, 0.15) is 0 Å². The van der Waals surface area contributed by atoms with Crippen molar-refractivity contribution in [1.29, 1.82) is 0 Å². The number of hydrogen-bond acceptors (Lipinski definition) is 2. The number of aliphatic imine (C=N–C) groups is 1. The van der Waals surface area contributed by atoms with Gasteiger partial charge in [0.15, 0.2) is 23.4 Å². The second-order valence-corrected chi connectivity index (χ2v) is 5.04. The number of halogens is 4. The lowest BCUT2D eigenvalue weighted by atomic mass is 10.2. The monoisotopic (exact) mass is 478 g/mol. The number of benzene rings is 2. The number of nitrogens with one attached hydrogen (secondary N) is 3. The van der Waals surface area contributed by atoms with Crippen LogP contribution in [-0.2, 0) is 11.3 Å². The summed E-state index contributed by atoms with van der Waals surface area (Å²) >= 11 is 0. The minimum atomic E-state index is -1.63. The van der Waals surface area contributed by atoms with Crippen molar-refractivity contribution in [1.82, 2.24) is 10.6 Å². The molecule has 2 aromatic carbocycles. The number of carbonyl (C=O) groups excluding carboxylic acids is 1. The van der Waals surface area contributed by atoms with E-state index in [0.717, 1.165) is 17.7 Å². The zero-order valence-electron chi connectivity index (χ0n) is 13.9. The summed E-state index contributed by atoms with van der Waals surface area (Å²) in [6.07, 6.45) is 0. The van der Waals surface area contributed by atoms with Crippen LogP contribution in [0, 0.1) is 17.5 Å². The molecule has 0 aliphatic rings. The molecule has 0 aromatic heterocycles.